The Morgan fingerprint density at radius 3 is 2.70 bits per heavy atom. The quantitative estimate of drug-likeness (QED) is 0.796. The topological polar surface area (TPSA) is 35.5 Å². The van der Waals surface area contributed by atoms with E-state index in [9.17, 15) is 4.79 Å². The van der Waals surface area contributed by atoms with Gasteiger partial charge in [0.25, 0.3) is 0 Å². The molecule has 2 aliphatic rings. The number of methoxy groups -OCH3 is 1. The van der Waals surface area contributed by atoms with E-state index in [1.54, 1.807) is 7.11 Å². The molecule has 0 aromatic heterocycles. The van der Waals surface area contributed by atoms with Crippen molar-refractivity contribution in [2.45, 2.75) is 19.3 Å². The van der Waals surface area contributed by atoms with Crippen LogP contribution in [0.5, 0.6) is 5.75 Å². The molecule has 0 saturated heterocycles. The lowest BCUT2D eigenvalue weighted by Gasteiger charge is -2.27. The number of cyclic esters (lactones) is 1. The number of aryl methyl sites for hydroxylation is 1. The Morgan fingerprint density at radius 1 is 1.17 bits per heavy atom. The van der Waals surface area contributed by atoms with Crippen LogP contribution >= 0.6 is 0 Å². The Kier molecular flexibility index (Phi) is 3.22. The number of esters is 1. The van der Waals surface area contributed by atoms with Crippen LogP contribution in [0.15, 0.2) is 53.6 Å². The lowest BCUT2D eigenvalue weighted by Crippen LogP contribution is -2.18. The standard InChI is InChI=1S/C20H18O3/c1-12-8-14-9-15-11-23-20(21)19(15)18(13-6-4-3-5-7-13)16(14)10-17(12)22-2/h3-8,10,18H,9,11H2,1-2H3/t18-/m1/s1. The van der Waals surface area contributed by atoms with E-state index in [-0.39, 0.29) is 11.9 Å². The van der Waals surface area contributed by atoms with E-state index in [0.717, 1.165) is 40.0 Å². The molecule has 3 heteroatoms. The number of hydrogen-bond donors (Lipinski definition) is 0. The van der Waals surface area contributed by atoms with Crippen LogP contribution in [0, 0.1) is 6.92 Å². The lowest BCUT2D eigenvalue weighted by atomic mass is 9.75. The van der Waals surface area contributed by atoms with Crippen LogP contribution in [0.3, 0.4) is 0 Å². The second-order valence-corrected chi connectivity index (χ2v) is 6.13. The first-order valence-electron chi connectivity index (χ1n) is 7.80. The first kappa shape index (κ1) is 14.1. The third kappa shape index (κ3) is 2.15. The Labute approximate surface area is 135 Å². The summed E-state index contributed by atoms with van der Waals surface area (Å²) in [5.41, 5.74) is 6.57. The minimum atomic E-state index is -0.181. The molecule has 0 fully saturated rings. The number of carbonyl (C=O) groups is 1. The molecule has 2 aromatic rings. The van der Waals surface area contributed by atoms with E-state index in [0.29, 0.717) is 6.61 Å². The number of hydrogen-bond acceptors (Lipinski definition) is 3. The molecule has 0 radical (unpaired) electrons. The zero-order valence-corrected chi connectivity index (χ0v) is 13.3. The first-order chi connectivity index (χ1) is 11.2. The van der Waals surface area contributed by atoms with Crippen LogP contribution in [-0.4, -0.2) is 19.7 Å². The number of rotatable bonds is 2. The Hall–Kier alpha value is -2.55. The number of fused-ring (bicyclic) bond motifs is 1. The maximum Gasteiger partial charge on any atom is 0.335 e. The maximum atomic E-state index is 12.3. The van der Waals surface area contributed by atoms with Gasteiger partial charge < -0.3 is 9.47 Å². The fourth-order valence-electron chi connectivity index (χ4n) is 3.70. The molecule has 1 atom stereocenters. The van der Waals surface area contributed by atoms with Gasteiger partial charge in [0.1, 0.15) is 12.4 Å². The summed E-state index contributed by atoms with van der Waals surface area (Å²) in [7, 11) is 1.68. The summed E-state index contributed by atoms with van der Waals surface area (Å²) >= 11 is 0. The van der Waals surface area contributed by atoms with Gasteiger partial charge >= 0.3 is 5.97 Å². The Morgan fingerprint density at radius 2 is 1.96 bits per heavy atom. The van der Waals surface area contributed by atoms with E-state index < -0.39 is 0 Å². The van der Waals surface area contributed by atoms with E-state index in [1.165, 1.54) is 5.56 Å². The van der Waals surface area contributed by atoms with E-state index in [1.807, 2.05) is 18.2 Å². The molecule has 0 unspecified atom stereocenters. The Balaban J connectivity index is 1.95. The third-order valence-corrected chi connectivity index (χ3v) is 4.77. The zero-order valence-electron chi connectivity index (χ0n) is 13.3. The van der Waals surface area contributed by atoms with Crippen LogP contribution in [0.1, 0.15) is 28.2 Å². The van der Waals surface area contributed by atoms with Crippen molar-refractivity contribution in [1.82, 2.24) is 0 Å². The highest BCUT2D eigenvalue weighted by atomic mass is 16.5. The number of ether oxygens (including phenoxy) is 2. The highest BCUT2D eigenvalue weighted by Gasteiger charge is 2.38. The molecule has 116 valence electrons. The summed E-state index contributed by atoms with van der Waals surface area (Å²) in [6.07, 6.45) is 0.782. The SMILES string of the molecule is COc1cc2c(cc1C)CC1=C(C(=O)OC1)[C@@H]2c1ccccc1. The smallest absolute Gasteiger partial charge is 0.335 e. The van der Waals surface area contributed by atoms with Crippen molar-refractivity contribution in [1.29, 1.82) is 0 Å². The van der Waals surface area contributed by atoms with Crippen LogP contribution in [-0.2, 0) is 16.0 Å². The van der Waals surface area contributed by atoms with Crippen LogP contribution < -0.4 is 4.74 Å². The molecule has 4 rings (SSSR count). The van der Waals surface area contributed by atoms with Gasteiger partial charge in [0.2, 0.25) is 0 Å². The van der Waals surface area contributed by atoms with Crippen molar-refractivity contribution >= 4 is 5.97 Å². The molecule has 2 aromatic carbocycles. The number of carbonyl (C=O) groups excluding carboxylic acids is 1. The second-order valence-electron chi connectivity index (χ2n) is 6.13. The highest BCUT2D eigenvalue weighted by Crippen LogP contribution is 2.45. The third-order valence-electron chi connectivity index (χ3n) is 4.77. The van der Waals surface area contributed by atoms with Gasteiger partial charge in [0, 0.05) is 5.92 Å². The molecular formula is C20H18O3. The predicted octanol–water partition coefficient (Wildman–Crippen LogP) is 3.55. The monoisotopic (exact) mass is 306 g/mol. The summed E-state index contributed by atoms with van der Waals surface area (Å²) in [4.78, 5) is 12.3. The largest absolute Gasteiger partial charge is 0.496 e. The first-order valence-corrected chi connectivity index (χ1v) is 7.80. The highest BCUT2D eigenvalue weighted by molar-refractivity contribution is 5.95. The van der Waals surface area contributed by atoms with E-state index >= 15 is 0 Å². The maximum absolute atomic E-state index is 12.3. The fraction of sp³-hybridized carbons (Fsp3) is 0.250. The molecule has 0 bridgehead atoms. The number of benzene rings is 2. The summed E-state index contributed by atoms with van der Waals surface area (Å²) in [6, 6.07) is 14.4. The van der Waals surface area contributed by atoms with Crippen LogP contribution in [0.25, 0.3) is 0 Å². The van der Waals surface area contributed by atoms with Crippen molar-refractivity contribution in [3.05, 3.63) is 75.9 Å². The van der Waals surface area contributed by atoms with Crippen molar-refractivity contribution in [2.75, 3.05) is 13.7 Å². The molecular weight excluding hydrogens is 288 g/mol. The van der Waals surface area contributed by atoms with Crippen molar-refractivity contribution in [2.24, 2.45) is 0 Å². The van der Waals surface area contributed by atoms with Gasteiger partial charge in [-0.05, 0) is 47.2 Å². The van der Waals surface area contributed by atoms with Crippen molar-refractivity contribution in [3.8, 4) is 5.75 Å². The van der Waals surface area contributed by atoms with Gasteiger partial charge in [0.05, 0.1) is 12.7 Å². The molecule has 0 saturated carbocycles. The van der Waals surface area contributed by atoms with Crippen LogP contribution in [0.4, 0.5) is 0 Å². The van der Waals surface area contributed by atoms with Gasteiger partial charge in [-0.3, -0.25) is 0 Å². The van der Waals surface area contributed by atoms with E-state index in [2.05, 4.69) is 31.2 Å². The second kappa shape index (κ2) is 5.27. The summed E-state index contributed by atoms with van der Waals surface area (Å²) in [5, 5.41) is 0. The van der Waals surface area contributed by atoms with Gasteiger partial charge in [-0.15, -0.1) is 0 Å². The molecule has 1 heterocycles. The van der Waals surface area contributed by atoms with Gasteiger partial charge in [-0.25, -0.2) is 4.79 Å². The fourth-order valence-corrected chi connectivity index (χ4v) is 3.70. The average molecular weight is 306 g/mol. The molecule has 0 N–H and O–H groups in total. The molecule has 23 heavy (non-hydrogen) atoms. The predicted molar refractivity (Wildman–Crippen MR) is 87.7 cm³/mol. The van der Waals surface area contributed by atoms with Gasteiger partial charge in [-0.1, -0.05) is 36.4 Å². The average Bonchev–Trinajstić information content (AvgIpc) is 2.93. The van der Waals surface area contributed by atoms with Crippen molar-refractivity contribution in [3.63, 3.8) is 0 Å². The molecule has 0 amide bonds. The van der Waals surface area contributed by atoms with Gasteiger partial charge in [-0.2, -0.15) is 0 Å². The molecule has 1 aliphatic heterocycles. The molecule has 0 spiro atoms. The van der Waals surface area contributed by atoms with Crippen molar-refractivity contribution < 1.29 is 14.3 Å². The minimum absolute atomic E-state index is 0.0700. The molecule has 1 aliphatic carbocycles. The molecule has 3 nitrogen and oxygen atoms in total. The Bertz CT molecular complexity index is 818. The normalized spacial score (nSPS) is 19.2. The minimum Gasteiger partial charge on any atom is -0.496 e. The van der Waals surface area contributed by atoms with Crippen LogP contribution in [0.2, 0.25) is 0 Å². The summed E-state index contributed by atoms with van der Waals surface area (Å²) < 4.78 is 10.8. The summed E-state index contributed by atoms with van der Waals surface area (Å²) in [6.45, 7) is 2.47. The zero-order chi connectivity index (χ0) is 16.0. The lowest BCUT2D eigenvalue weighted by molar-refractivity contribution is -0.136. The van der Waals surface area contributed by atoms with Gasteiger partial charge in [0.15, 0.2) is 0 Å². The summed E-state index contributed by atoms with van der Waals surface area (Å²) in [5.74, 6) is 0.610. The van der Waals surface area contributed by atoms with E-state index in [4.69, 9.17) is 9.47 Å².